The summed E-state index contributed by atoms with van der Waals surface area (Å²) >= 11 is 0. The molecule has 0 saturated heterocycles. The SMILES string of the molecule is CNS(=O)(=O)c1ccc(NCCN(C)C(C)C)c(N)c1. The van der Waals surface area contributed by atoms with Gasteiger partial charge in [-0.25, -0.2) is 13.1 Å². The smallest absolute Gasteiger partial charge is 0.240 e. The topological polar surface area (TPSA) is 87.5 Å². The maximum atomic E-state index is 11.6. The second-order valence-electron chi connectivity index (χ2n) is 4.96. The molecule has 1 aromatic rings. The van der Waals surface area contributed by atoms with Crippen molar-refractivity contribution in [2.24, 2.45) is 0 Å². The Kier molecular flexibility index (Phi) is 5.79. The fraction of sp³-hybridized carbons (Fsp3) is 0.538. The molecule has 6 nitrogen and oxygen atoms in total. The summed E-state index contributed by atoms with van der Waals surface area (Å²) in [6, 6.07) is 5.17. The van der Waals surface area contributed by atoms with Crippen molar-refractivity contribution in [1.29, 1.82) is 0 Å². The van der Waals surface area contributed by atoms with Gasteiger partial charge in [0.1, 0.15) is 0 Å². The Labute approximate surface area is 121 Å². The van der Waals surface area contributed by atoms with Crippen molar-refractivity contribution >= 4 is 21.4 Å². The Morgan fingerprint density at radius 2 is 2.00 bits per heavy atom. The van der Waals surface area contributed by atoms with E-state index in [1.807, 2.05) is 0 Å². The van der Waals surface area contributed by atoms with Crippen LogP contribution >= 0.6 is 0 Å². The number of anilines is 2. The monoisotopic (exact) mass is 300 g/mol. The quantitative estimate of drug-likeness (QED) is 0.652. The van der Waals surface area contributed by atoms with Crippen LogP contribution in [-0.4, -0.2) is 46.5 Å². The lowest BCUT2D eigenvalue weighted by molar-refractivity contribution is 0.284. The number of benzene rings is 1. The molecule has 0 spiro atoms. The number of nitrogens with zero attached hydrogens (tertiary/aromatic N) is 1. The van der Waals surface area contributed by atoms with Gasteiger partial charge < -0.3 is 16.0 Å². The highest BCUT2D eigenvalue weighted by Gasteiger charge is 2.12. The van der Waals surface area contributed by atoms with Crippen molar-refractivity contribution in [2.45, 2.75) is 24.8 Å². The molecule has 0 atom stereocenters. The van der Waals surface area contributed by atoms with Gasteiger partial charge in [0.25, 0.3) is 0 Å². The fourth-order valence-electron chi connectivity index (χ4n) is 1.61. The third-order valence-electron chi connectivity index (χ3n) is 3.26. The summed E-state index contributed by atoms with van der Waals surface area (Å²) < 4.78 is 25.6. The highest BCUT2D eigenvalue weighted by atomic mass is 32.2. The maximum Gasteiger partial charge on any atom is 0.240 e. The van der Waals surface area contributed by atoms with Crippen LogP contribution in [0.1, 0.15) is 13.8 Å². The zero-order valence-electron chi connectivity index (χ0n) is 12.5. The van der Waals surface area contributed by atoms with Gasteiger partial charge in [-0.2, -0.15) is 0 Å². The first-order valence-corrected chi connectivity index (χ1v) is 8.03. The molecule has 0 amide bonds. The normalized spacial score (nSPS) is 12.1. The van der Waals surface area contributed by atoms with Crippen LogP contribution in [0.25, 0.3) is 0 Å². The average molecular weight is 300 g/mol. The minimum Gasteiger partial charge on any atom is -0.397 e. The van der Waals surface area contributed by atoms with Crippen molar-refractivity contribution in [3.05, 3.63) is 18.2 Å². The summed E-state index contributed by atoms with van der Waals surface area (Å²) in [5.74, 6) is 0. The summed E-state index contributed by atoms with van der Waals surface area (Å²) in [4.78, 5) is 2.38. The van der Waals surface area contributed by atoms with Crippen molar-refractivity contribution in [3.8, 4) is 0 Å². The predicted molar refractivity (Wildman–Crippen MR) is 83.4 cm³/mol. The first kappa shape index (κ1) is 16.7. The molecule has 1 rings (SSSR count). The van der Waals surface area contributed by atoms with Gasteiger partial charge in [-0.3, -0.25) is 0 Å². The van der Waals surface area contributed by atoms with Crippen molar-refractivity contribution < 1.29 is 8.42 Å². The zero-order chi connectivity index (χ0) is 15.3. The summed E-state index contributed by atoms with van der Waals surface area (Å²) in [7, 11) is -0.0203. The Bertz CT molecular complexity index is 543. The van der Waals surface area contributed by atoms with E-state index in [1.54, 1.807) is 6.07 Å². The van der Waals surface area contributed by atoms with Crippen LogP contribution in [0.2, 0.25) is 0 Å². The van der Waals surface area contributed by atoms with E-state index in [9.17, 15) is 8.42 Å². The molecule has 0 unspecified atom stereocenters. The number of likely N-dealkylation sites (N-methyl/N-ethyl adjacent to an activating group) is 1. The number of nitrogens with two attached hydrogens (primary N) is 1. The second kappa shape index (κ2) is 6.92. The van der Waals surface area contributed by atoms with Gasteiger partial charge in [0.2, 0.25) is 10.0 Å². The Hall–Kier alpha value is -1.31. The van der Waals surface area contributed by atoms with E-state index < -0.39 is 10.0 Å². The molecule has 0 aromatic heterocycles. The van der Waals surface area contributed by atoms with Crippen LogP contribution in [0, 0.1) is 0 Å². The molecule has 4 N–H and O–H groups in total. The summed E-state index contributed by atoms with van der Waals surface area (Å²) in [6.07, 6.45) is 0. The lowest BCUT2D eigenvalue weighted by Crippen LogP contribution is -2.31. The molecular formula is C13H24N4O2S. The number of sulfonamides is 1. The van der Waals surface area contributed by atoms with Gasteiger partial charge in [-0.1, -0.05) is 0 Å². The molecule has 114 valence electrons. The van der Waals surface area contributed by atoms with E-state index in [-0.39, 0.29) is 4.90 Å². The highest BCUT2D eigenvalue weighted by molar-refractivity contribution is 7.89. The molecule has 0 saturated carbocycles. The minimum absolute atomic E-state index is 0.169. The molecule has 1 aromatic carbocycles. The summed E-state index contributed by atoms with van der Waals surface area (Å²) in [5, 5.41) is 3.21. The molecule has 0 aliphatic rings. The molecular weight excluding hydrogens is 276 g/mol. The van der Waals surface area contributed by atoms with Crippen LogP contribution in [0.4, 0.5) is 11.4 Å². The van der Waals surface area contributed by atoms with E-state index >= 15 is 0 Å². The third-order valence-corrected chi connectivity index (χ3v) is 4.68. The Morgan fingerprint density at radius 3 is 2.50 bits per heavy atom. The second-order valence-corrected chi connectivity index (χ2v) is 6.84. The number of hydrogen-bond acceptors (Lipinski definition) is 5. The highest BCUT2D eigenvalue weighted by Crippen LogP contribution is 2.22. The van der Waals surface area contributed by atoms with E-state index in [4.69, 9.17) is 5.73 Å². The lowest BCUT2D eigenvalue weighted by Gasteiger charge is -2.21. The van der Waals surface area contributed by atoms with Crippen LogP contribution in [-0.2, 0) is 10.0 Å². The van der Waals surface area contributed by atoms with Crippen LogP contribution in [0.15, 0.2) is 23.1 Å². The van der Waals surface area contributed by atoms with Crippen LogP contribution in [0.5, 0.6) is 0 Å². The van der Waals surface area contributed by atoms with Gasteiger partial charge in [-0.15, -0.1) is 0 Å². The molecule has 0 heterocycles. The summed E-state index contributed by atoms with van der Waals surface area (Å²) in [5.41, 5.74) is 7.05. The van der Waals surface area contributed by atoms with Crippen LogP contribution < -0.4 is 15.8 Å². The predicted octanol–water partition coefficient (Wildman–Crippen LogP) is 0.929. The lowest BCUT2D eigenvalue weighted by atomic mass is 10.2. The van der Waals surface area contributed by atoms with Gasteiger partial charge in [-0.05, 0) is 46.1 Å². The molecule has 0 radical (unpaired) electrons. The van der Waals surface area contributed by atoms with Gasteiger partial charge in [0.15, 0.2) is 0 Å². The number of nitrogens with one attached hydrogen (secondary N) is 2. The molecule has 20 heavy (non-hydrogen) atoms. The van der Waals surface area contributed by atoms with Crippen molar-refractivity contribution in [2.75, 3.05) is 38.2 Å². The standard InChI is InChI=1S/C13H24N4O2S/c1-10(2)17(4)8-7-16-13-6-5-11(9-12(13)14)20(18,19)15-3/h5-6,9-10,15-16H,7-8,14H2,1-4H3. The first-order chi connectivity index (χ1) is 9.27. The largest absolute Gasteiger partial charge is 0.397 e. The van der Waals surface area contributed by atoms with Crippen LogP contribution in [0.3, 0.4) is 0 Å². The van der Waals surface area contributed by atoms with Gasteiger partial charge >= 0.3 is 0 Å². The van der Waals surface area contributed by atoms with Crippen molar-refractivity contribution in [1.82, 2.24) is 9.62 Å². The molecule has 0 fully saturated rings. The summed E-state index contributed by atoms with van der Waals surface area (Å²) in [6.45, 7) is 5.89. The molecule has 0 aliphatic carbocycles. The maximum absolute atomic E-state index is 11.6. The first-order valence-electron chi connectivity index (χ1n) is 6.55. The van der Waals surface area contributed by atoms with Gasteiger partial charge in [0.05, 0.1) is 16.3 Å². The average Bonchev–Trinajstić information content (AvgIpc) is 2.40. The molecule has 7 heteroatoms. The Balaban J connectivity index is 2.70. The fourth-order valence-corrected chi connectivity index (χ4v) is 2.38. The van der Waals surface area contributed by atoms with E-state index in [1.165, 1.54) is 19.2 Å². The Morgan fingerprint density at radius 1 is 1.35 bits per heavy atom. The van der Waals surface area contributed by atoms with E-state index in [0.29, 0.717) is 11.7 Å². The number of rotatable bonds is 7. The number of hydrogen-bond donors (Lipinski definition) is 3. The molecule has 0 aliphatic heterocycles. The van der Waals surface area contributed by atoms with E-state index in [0.717, 1.165) is 18.8 Å². The molecule has 0 bridgehead atoms. The van der Waals surface area contributed by atoms with Crippen molar-refractivity contribution in [3.63, 3.8) is 0 Å². The number of nitrogen functional groups attached to an aromatic ring is 1. The third kappa shape index (κ3) is 4.36. The minimum atomic E-state index is -3.45. The van der Waals surface area contributed by atoms with Gasteiger partial charge in [0, 0.05) is 19.1 Å². The van der Waals surface area contributed by atoms with E-state index in [2.05, 4.69) is 35.8 Å². The zero-order valence-corrected chi connectivity index (χ0v) is 13.3.